The maximum Gasteiger partial charge on any atom is 0.313 e. The summed E-state index contributed by atoms with van der Waals surface area (Å²) in [5, 5.41) is 0. The summed E-state index contributed by atoms with van der Waals surface area (Å²) in [6.07, 6.45) is 0. The van der Waals surface area contributed by atoms with E-state index in [4.69, 9.17) is 18.4 Å². The maximum atomic E-state index is 12.4. The fourth-order valence-corrected chi connectivity index (χ4v) is 6.47. The van der Waals surface area contributed by atoms with Crippen molar-refractivity contribution in [3.05, 3.63) is 72.8 Å². The SMILES string of the molecule is COc1cc(OC)c(S(OC(C)=O)(c2ccccc2)c2ccccc2)c(OC)c1. The number of rotatable bonds is 7. The molecule has 0 spiro atoms. The molecule has 152 valence electrons. The molecule has 0 aliphatic carbocycles. The van der Waals surface area contributed by atoms with Crippen molar-refractivity contribution in [3.63, 3.8) is 0 Å². The van der Waals surface area contributed by atoms with E-state index in [1.165, 1.54) is 6.92 Å². The highest BCUT2D eigenvalue weighted by atomic mass is 32.3. The van der Waals surface area contributed by atoms with Crippen LogP contribution in [0.4, 0.5) is 0 Å². The van der Waals surface area contributed by atoms with E-state index in [0.717, 1.165) is 9.79 Å². The predicted octanol–water partition coefficient (Wildman–Crippen LogP) is 5.47. The number of hydrogen-bond donors (Lipinski definition) is 0. The van der Waals surface area contributed by atoms with E-state index in [9.17, 15) is 4.79 Å². The maximum absolute atomic E-state index is 12.4. The number of carbonyl (C=O) groups excluding carboxylic acids is 1. The predicted molar refractivity (Wildman–Crippen MR) is 113 cm³/mol. The fourth-order valence-electron chi connectivity index (χ4n) is 3.17. The minimum Gasteiger partial charge on any atom is -0.496 e. The second-order valence-corrected chi connectivity index (χ2v) is 8.75. The summed E-state index contributed by atoms with van der Waals surface area (Å²) < 4.78 is 23.1. The standard InChI is InChI=1S/C23H24O5S/c1-17(24)28-29(19-11-7-5-8-12-19,20-13-9-6-10-14-20)23-21(26-3)15-18(25-2)16-22(23)27-4/h5-16H,1-4H3. The molecular weight excluding hydrogens is 388 g/mol. The van der Waals surface area contributed by atoms with Crippen LogP contribution in [-0.2, 0) is 8.98 Å². The van der Waals surface area contributed by atoms with E-state index in [-0.39, 0.29) is 0 Å². The number of ether oxygens (including phenoxy) is 3. The molecule has 0 saturated carbocycles. The average Bonchev–Trinajstić information content (AvgIpc) is 2.77. The van der Waals surface area contributed by atoms with Gasteiger partial charge in [-0.15, -0.1) is 0 Å². The van der Waals surface area contributed by atoms with Gasteiger partial charge in [0.15, 0.2) is 0 Å². The molecular formula is C23H24O5S. The third-order valence-electron chi connectivity index (χ3n) is 4.35. The second-order valence-electron chi connectivity index (χ2n) is 6.12. The Balaban J connectivity index is 2.48. The zero-order valence-corrected chi connectivity index (χ0v) is 17.7. The summed E-state index contributed by atoms with van der Waals surface area (Å²) in [7, 11) is 2.23. The summed E-state index contributed by atoms with van der Waals surface area (Å²) in [5.41, 5.74) is 0. The van der Waals surface area contributed by atoms with E-state index in [0.29, 0.717) is 22.1 Å². The molecule has 3 rings (SSSR count). The molecule has 0 N–H and O–H groups in total. The van der Waals surface area contributed by atoms with Gasteiger partial charge in [0, 0.05) is 39.2 Å². The van der Waals surface area contributed by atoms with Crippen molar-refractivity contribution in [2.75, 3.05) is 21.3 Å². The molecule has 29 heavy (non-hydrogen) atoms. The minimum absolute atomic E-state index is 0.396. The van der Waals surface area contributed by atoms with Gasteiger partial charge in [0.25, 0.3) is 0 Å². The van der Waals surface area contributed by atoms with Crippen molar-refractivity contribution in [3.8, 4) is 17.2 Å². The van der Waals surface area contributed by atoms with Crippen LogP contribution in [0.1, 0.15) is 6.92 Å². The van der Waals surface area contributed by atoms with Crippen molar-refractivity contribution in [1.82, 2.24) is 0 Å². The first kappa shape index (κ1) is 20.6. The number of benzene rings is 3. The quantitative estimate of drug-likeness (QED) is 0.515. The van der Waals surface area contributed by atoms with E-state index >= 15 is 0 Å². The molecule has 0 unspecified atom stereocenters. The Hall–Kier alpha value is -3.12. The molecule has 0 saturated heterocycles. The highest BCUT2D eigenvalue weighted by molar-refractivity contribution is 8.30. The van der Waals surface area contributed by atoms with E-state index in [1.54, 1.807) is 33.5 Å². The molecule has 3 aromatic carbocycles. The first-order valence-corrected chi connectivity index (χ1v) is 10.6. The highest BCUT2D eigenvalue weighted by Crippen LogP contribution is 2.73. The molecule has 0 aliphatic rings. The van der Waals surface area contributed by atoms with Crippen LogP contribution in [0, 0.1) is 0 Å². The lowest BCUT2D eigenvalue weighted by Gasteiger charge is -2.40. The minimum atomic E-state index is -2.50. The Kier molecular flexibility index (Phi) is 6.34. The van der Waals surface area contributed by atoms with E-state index in [1.807, 2.05) is 60.7 Å². The van der Waals surface area contributed by atoms with Crippen molar-refractivity contribution >= 4 is 16.3 Å². The van der Waals surface area contributed by atoms with Gasteiger partial charge in [-0.25, -0.2) is 0 Å². The molecule has 0 aromatic heterocycles. The largest absolute Gasteiger partial charge is 0.496 e. The van der Waals surface area contributed by atoms with Gasteiger partial charge in [-0.3, -0.25) is 4.79 Å². The Morgan fingerprint density at radius 2 is 1.17 bits per heavy atom. The van der Waals surface area contributed by atoms with Gasteiger partial charge in [-0.1, -0.05) is 36.4 Å². The smallest absolute Gasteiger partial charge is 0.313 e. The molecule has 0 bridgehead atoms. The monoisotopic (exact) mass is 412 g/mol. The normalized spacial score (nSPS) is 11.4. The lowest BCUT2D eigenvalue weighted by Crippen LogP contribution is -2.13. The fraction of sp³-hybridized carbons (Fsp3) is 0.174. The van der Waals surface area contributed by atoms with Crippen molar-refractivity contribution in [1.29, 1.82) is 0 Å². The lowest BCUT2D eigenvalue weighted by atomic mass is 10.3. The molecule has 0 fully saturated rings. The summed E-state index contributed by atoms with van der Waals surface area (Å²) >= 11 is 0. The van der Waals surface area contributed by atoms with Crippen molar-refractivity contribution in [2.24, 2.45) is 0 Å². The van der Waals surface area contributed by atoms with E-state index in [2.05, 4.69) is 0 Å². The Morgan fingerprint density at radius 3 is 1.52 bits per heavy atom. The van der Waals surface area contributed by atoms with Crippen LogP contribution in [0.15, 0.2) is 87.5 Å². The Labute approximate surface area is 172 Å². The zero-order chi connectivity index (χ0) is 20.9. The second kappa shape index (κ2) is 8.92. The average molecular weight is 413 g/mol. The molecule has 6 heteroatoms. The van der Waals surface area contributed by atoms with Gasteiger partial charge in [-0.05, 0) is 24.3 Å². The summed E-state index contributed by atoms with van der Waals surface area (Å²) in [5.74, 6) is 1.22. The van der Waals surface area contributed by atoms with Gasteiger partial charge in [0.05, 0.1) is 21.3 Å². The Morgan fingerprint density at radius 1 is 0.724 bits per heavy atom. The molecule has 0 atom stereocenters. The molecule has 0 heterocycles. The zero-order valence-electron chi connectivity index (χ0n) is 16.9. The Bertz CT molecular complexity index is 909. The lowest BCUT2D eigenvalue weighted by molar-refractivity contribution is -0.131. The van der Waals surface area contributed by atoms with Crippen LogP contribution in [0.5, 0.6) is 17.2 Å². The summed E-state index contributed by atoms with van der Waals surface area (Å²) in [6.45, 7) is 1.41. The third kappa shape index (κ3) is 3.89. The summed E-state index contributed by atoms with van der Waals surface area (Å²) in [6, 6.07) is 22.9. The van der Waals surface area contributed by atoms with Crippen molar-refractivity contribution in [2.45, 2.75) is 21.6 Å². The molecule has 0 amide bonds. The van der Waals surface area contributed by atoms with Crippen LogP contribution >= 0.6 is 10.3 Å². The number of carbonyl (C=O) groups is 1. The molecule has 0 radical (unpaired) electrons. The first-order valence-electron chi connectivity index (χ1n) is 9.00. The van der Waals surface area contributed by atoms with Gasteiger partial charge < -0.3 is 18.4 Å². The van der Waals surface area contributed by atoms with Gasteiger partial charge in [-0.2, -0.15) is 0 Å². The molecule has 0 aliphatic heterocycles. The van der Waals surface area contributed by atoms with Gasteiger partial charge in [0.1, 0.15) is 22.1 Å². The third-order valence-corrected chi connectivity index (χ3v) is 7.68. The van der Waals surface area contributed by atoms with Crippen LogP contribution < -0.4 is 14.2 Å². The van der Waals surface area contributed by atoms with Crippen molar-refractivity contribution < 1.29 is 23.2 Å². The summed E-state index contributed by atoms with van der Waals surface area (Å²) in [4.78, 5) is 14.8. The topological polar surface area (TPSA) is 54.0 Å². The molecule has 3 aromatic rings. The van der Waals surface area contributed by atoms with Crippen LogP contribution in [0.25, 0.3) is 0 Å². The highest BCUT2D eigenvalue weighted by Gasteiger charge is 2.40. The number of hydrogen-bond acceptors (Lipinski definition) is 5. The van der Waals surface area contributed by atoms with E-state index < -0.39 is 16.3 Å². The molecule has 5 nitrogen and oxygen atoms in total. The van der Waals surface area contributed by atoms with Gasteiger partial charge in [0.2, 0.25) is 0 Å². The first-order chi connectivity index (χ1) is 14.1. The van der Waals surface area contributed by atoms with Crippen LogP contribution in [0.3, 0.4) is 0 Å². The van der Waals surface area contributed by atoms with Crippen LogP contribution in [-0.4, -0.2) is 27.3 Å². The van der Waals surface area contributed by atoms with Gasteiger partial charge >= 0.3 is 5.97 Å². The number of methoxy groups -OCH3 is 3. The van der Waals surface area contributed by atoms with Crippen LogP contribution in [0.2, 0.25) is 0 Å².